The zero-order chi connectivity index (χ0) is 17.3. The summed E-state index contributed by atoms with van der Waals surface area (Å²) in [7, 11) is 0. The fourth-order valence-corrected chi connectivity index (χ4v) is 3.32. The Hall–Kier alpha value is -2.29. The van der Waals surface area contributed by atoms with Crippen molar-refractivity contribution in [3.63, 3.8) is 0 Å². The molecule has 0 fully saturated rings. The van der Waals surface area contributed by atoms with E-state index >= 15 is 0 Å². The Morgan fingerprint density at radius 1 is 1.21 bits per heavy atom. The average molecular weight is 323 g/mol. The van der Waals surface area contributed by atoms with Crippen LogP contribution < -0.4 is 9.64 Å². The van der Waals surface area contributed by atoms with E-state index in [2.05, 4.69) is 26.8 Å². The van der Waals surface area contributed by atoms with E-state index in [1.54, 1.807) is 0 Å². The summed E-state index contributed by atoms with van der Waals surface area (Å²) in [5.41, 5.74) is 4.66. The number of fused-ring (bicyclic) bond motifs is 1. The Kier molecular flexibility index (Phi) is 4.61. The average Bonchev–Trinajstić information content (AvgIpc) is 2.91. The van der Waals surface area contributed by atoms with E-state index in [1.165, 1.54) is 16.7 Å². The fourth-order valence-electron chi connectivity index (χ4n) is 3.32. The predicted molar refractivity (Wildman–Crippen MR) is 97.7 cm³/mol. The van der Waals surface area contributed by atoms with Crippen LogP contribution in [0.3, 0.4) is 0 Å². The molecule has 2 aromatic carbocycles. The van der Waals surface area contributed by atoms with Gasteiger partial charge < -0.3 is 9.64 Å². The highest BCUT2D eigenvalue weighted by Gasteiger charge is 2.34. The second kappa shape index (κ2) is 6.68. The molecule has 1 aliphatic rings. The molecule has 0 unspecified atom stereocenters. The fraction of sp³-hybridized carbons (Fsp3) is 0.381. The third-order valence-corrected chi connectivity index (χ3v) is 4.85. The van der Waals surface area contributed by atoms with Crippen molar-refractivity contribution >= 4 is 11.6 Å². The van der Waals surface area contributed by atoms with Crippen LogP contribution in [-0.4, -0.2) is 18.1 Å². The van der Waals surface area contributed by atoms with Gasteiger partial charge in [0.15, 0.2) is 6.10 Å². The van der Waals surface area contributed by atoms with Gasteiger partial charge in [0.05, 0.1) is 0 Å². The molecule has 0 saturated heterocycles. The molecule has 3 rings (SSSR count). The van der Waals surface area contributed by atoms with Gasteiger partial charge in [-0.25, -0.2) is 0 Å². The molecule has 2 atom stereocenters. The summed E-state index contributed by atoms with van der Waals surface area (Å²) in [6, 6.07) is 14.3. The van der Waals surface area contributed by atoms with E-state index in [9.17, 15) is 4.79 Å². The first-order chi connectivity index (χ1) is 11.5. The van der Waals surface area contributed by atoms with E-state index in [0.717, 1.165) is 17.9 Å². The summed E-state index contributed by atoms with van der Waals surface area (Å²) >= 11 is 0. The monoisotopic (exact) mass is 323 g/mol. The van der Waals surface area contributed by atoms with Crippen LogP contribution in [0.4, 0.5) is 5.69 Å². The Labute approximate surface area is 144 Å². The third-order valence-electron chi connectivity index (χ3n) is 4.85. The summed E-state index contributed by atoms with van der Waals surface area (Å²) in [5.74, 6) is 0.812. The maximum absolute atomic E-state index is 13.1. The number of aryl methyl sites for hydroxylation is 2. The number of amides is 1. The molecular formula is C21H25NO2. The molecule has 0 aromatic heterocycles. The summed E-state index contributed by atoms with van der Waals surface area (Å²) in [4.78, 5) is 15.0. The minimum atomic E-state index is -0.458. The highest BCUT2D eigenvalue weighted by atomic mass is 16.5. The lowest BCUT2D eigenvalue weighted by atomic mass is 10.1. The van der Waals surface area contributed by atoms with Gasteiger partial charge in [-0.2, -0.15) is 0 Å². The van der Waals surface area contributed by atoms with E-state index in [-0.39, 0.29) is 11.9 Å². The number of rotatable bonds is 4. The number of hydrogen-bond donors (Lipinski definition) is 0. The maximum Gasteiger partial charge on any atom is 0.268 e. The number of anilines is 1. The van der Waals surface area contributed by atoms with Crippen molar-refractivity contribution in [2.24, 2.45) is 0 Å². The van der Waals surface area contributed by atoms with Gasteiger partial charge in [0.2, 0.25) is 0 Å². The zero-order valence-electron chi connectivity index (χ0n) is 14.9. The summed E-state index contributed by atoms with van der Waals surface area (Å²) in [6.45, 7) is 8.23. The van der Waals surface area contributed by atoms with Crippen molar-refractivity contribution in [2.45, 2.75) is 52.7 Å². The highest BCUT2D eigenvalue weighted by Crippen LogP contribution is 2.33. The number of carbonyl (C=O) groups is 1. The van der Waals surface area contributed by atoms with Crippen LogP contribution in [0.1, 0.15) is 37.0 Å². The number of hydrogen-bond acceptors (Lipinski definition) is 2. The highest BCUT2D eigenvalue weighted by molar-refractivity contribution is 5.99. The quantitative estimate of drug-likeness (QED) is 0.832. The lowest BCUT2D eigenvalue weighted by molar-refractivity contribution is -0.125. The molecular weight excluding hydrogens is 298 g/mol. The molecule has 24 heavy (non-hydrogen) atoms. The van der Waals surface area contributed by atoms with Crippen molar-refractivity contribution in [3.05, 3.63) is 59.2 Å². The van der Waals surface area contributed by atoms with E-state index < -0.39 is 6.10 Å². The lowest BCUT2D eigenvalue weighted by Crippen LogP contribution is -2.44. The van der Waals surface area contributed by atoms with Gasteiger partial charge in [0, 0.05) is 11.7 Å². The molecule has 0 radical (unpaired) electrons. The Morgan fingerprint density at radius 2 is 1.96 bits per heavy atom. The molecule has 3 nitrogen and oxygen atoms in total. The molecule has 126 valence electrons. The third kappa shape index (κ3) is 3.03. The van der Waals surface area contributed by atoms with E-state index in [0.29, 0.717) is 6.42 Å². The molecule has 1 aliphatic heterocycles. The SMILES string of the molecule is CC[C@@H](Oc1ccc(C)c(C)c1)C(=O)N1c2ccccc2C[C@@H]1C. The van der Waals surface area contributed by atoms with Gasteiger partial charge in [0.25, 0.3) is 5.91 Å². The largest absolute Gasteiger partial charge is 0.481 e. The minimum Gasteiger partial charge on any atom is -0.481 e. The van der Waals surface area contributed by atoms with Crippen LogP contribution in [-0.2, 0) is 11.2 Å². The van der Waals surface area contributed by atoms with Crippen molar-refractivity contribution in [3.8, 4) is 5.75 Å². The summed E-state index contributed by atoms with van der Waals surface area (Å²) < 4.78 is 6.05. The lowest BCUT2D eigenvalue weighted by Gasteiger charge is -2.27. The van der Waals surface area contributed by atoms with Crippen LogP contribution >= 0.6 is 0 Å². The Morgan fingerprint density at radius 3 is 2.67 bits per heavy atom. The summed E-state index contributed by atoms with van der Waals surface area (Å²) in [6.07, 6.45) is 1.10. The molecule has 1 amide bonds. The molecule has 0 spiro atoms. The number of benzene rings is 2. The van der Waals surface area contributed by atoms with Gasteiger partial charge in [-0.05, 0) is 68.5 Å². The second-order valence-electron chi connectivity index (χ2n) is 6.65. The van der Waals surface area contributed by atoms with E-state index in [1.807, 2.05) is 48.2 Å². The van der Waals surface area contributed by atoms with Gasteiger partial charge in [-0.3, -0.25) is 4.79 Å². The second-order valence-corrected chi connectivity index (χ2v) is 6.65. The smallest absolute Gasteiger partial charge is 0.268 e. The topological polar surface area (TPSA) is 29.5 Å². The minimum absolute atomic E-state index is 0.0492. The number of ether oxygens (including phenoxy) is 1. The molecule has 2 aromatic rings. The van der Waals surface area contributed by atoms with Crippen molar-refractivity contribution in [1.82, 2.24) is 0 Å². The van der Waals surface area contributed by atoms with Crippen LogP contribution in [0, 0.1) is 13.8 Å². The first-order valence-corrected chi connectivity index (χ1v) is 8.66. The predicted octanol–water partition coefficient (Wildman–Crippen LogP) is 4.44. The maximum atomic E-state index is 13.1. The molecule has 0 N–H and O–H groups in total. The molecule has 1 heterocycles. The van der Waals surface area contributed by atoms with Crippen molar-refractivity contribution < 1.29 is 9.53 Å². The van der Waals surface area contributed by atoms with Crippen molar-refractivity contribution in [2.75, 3.05) is 4.90 Å². The number of para-hydroxylation sites is 1. The Balaban J connectivity index is 1.83. The normalized spacial score (nSPS) is 17.5. The molecule has 3 heteroatoms. The molecule has 0 bridgehead atoms. The molecule has 0 aliphatic carbocycles. The number of nitrogens with zero attached hydrogens (tertiary/aromatic N) is 1. The van der Waals surface area contributed by atoms with Gasteiger partial charge >= 0.3 is 0 Å². The Bertz CT molecular complexity index is 753. The number of carbonyl (C=O) groups excluding carboxylic acids is 1. The summed E-state index contributed by atoms with van der Waals surface area (Å²) in [5, 5.41) is 0. The van der Waals surface area contributed by atoms with Crippen LogP contribution in [0.5, 0.6) is 5.75 Å². The van der Waals surface area contributed by atoms with Crippen LogP contribution in [0.25, 0.3) is 0 Å². The van der Waals surface area contributed by atoms with Crippen molar-refractivity contribution in [1.29, 1.82) is 0 Å². The first kappa shape index (κ1) is 16.6. The standard InChI is InChI=1S/C21H25NO2/c1-5-20(24-18-11-10-14(2)15(3)12-18)21(23)22-16(4)13-17-8-6-7-9-19(17)22/h6-12,16,20H,5,13H2,1-4H3/t16-,20+/m0/s1. The molecule has 0 saturated carbocycles. The zero-order valence-corrected chi connectivity index (χ0v) is 14.9. The van der Waals surface area contributed by atoms with Crippen LogP contribution in [0.15, 0.2) is 42.5 Å². The van der Waals surface area contributed by atoms with Gasteiger partial charge in [0.1, 0.15) is 5.75 Å². The van der Waals surface area contributed by atoms with Crippen LogP contribution in [0.2, 0.25) is 0 Å². The van der Waals surface area contributed by atoms with Gasteiger partial charge in [-0.1, -0.05) is 31.2 Å². The van der Waals surface area contributed by atoms with E-state index in [4.69, 9.17) is 4.74 Å². The van der Waals surface area contributed by atoms with Gasteiger partial charge in [-0.15, -0.1) is 0 Å². The first-order valence-electron chi connectivity index (χ1n) is 8.66.